The van der Waals surface area contributed by atoms with Crippen molar-refractivity contribution >= 4 is 0 Å². The molecule has 1 aromatic rings. The molecule has 1 aliphatic carbocycles. The van der Waals surface area contributed by atoms with Gasteiger partial charge in [-0.1, -0.05) is 30.3 Å². The van der Waals surface area contributed by atoms with Crippen molar-refractivity contribution in [2.45, 2.75) is 44.9 Å². The maximum Gasteiger partial charge on any atom is 0.0604 e. The SMILES string of the molecule is CCOC1CC(N[C@@H](C)c2ccccc2)C1. The van der Waals surface area contributed by atoms with Crippen LogP contribution in [-0.2, 0) is 4.74 Å². The van der Waals surface area contributed by atoms with Gasteiger partial charge >= 0.3 is 0 Å². The first-order valence-electron chi connectivity index (χ1n) is 6.22. The molecule has 0 bridgehead atoms. The molecular weight excluding hydrogens is 198 g/mol. The average molecular weight is 219 g/mol. The molecule has 2 heteroatoms. The van der Waals surface area contributed by atoms with Crippen molar-refractivity contribution in [3.8, 4) is 0 Å². The zero-order valence-electron chi connectivity index (χ0n) is 10.1. The van der Waals surface area contributed by atoms with E-state index in [1.54, 1.807) is 0 Å². The fraction of sp³-hybridized carbons (Fsp3) is 0.571. The summed E-state index contributed by atoms with van der Waals surface area (Å²) in [6, 6.07) is 11.7. The quantitative estimate of drug-likeness (QED) is 0.822. The first-order valence-corrected chi connectivity index (χ1v) is 6.22. The van der Waals surface area contributed by atoms with Crippen molar-refractivity contribution in [1.82, 2.24) is 5.32 Å². The molecule has 1 N–H and O–H groups in total. The van der Waals surface area contributed by atoms with Crippen LogP contribution in [0.25, 0.3) is 0 Å². The second-order valence-electron chi connectivity index (χ2n) is 4.54. The topological polar surface area (TPSA) is 21.3 Å². The lowest BCUT2D eigenvalue weighted by molar-refractivity contribution is -0.0120. The van der Waals surface area contributed by atoms with Crippen molar-refractivity contribution in [2.24, 2.45) is 0 Å². The molecule has 0 unspecified atom stereocenters. The van der Waals surface area contributed by atoms with Crippen LogP contribution in [0.3, 0.4) is 0 Å². The van der Waals surface area contributed by atoms with E-state index in [0.717, 1.165) is 19.4 Å². The van der Waals surface area contributed by atoms with E-state index < -0.39 is 0 Å². The summed E-state index contributed by atoms with van der Waals surface area (Å²) in [5.74, 6) is 0. The first kappa shape index (κ1) is 11.6. The van der Waals surface area contributed by atoms with Gasteiger partial charge in [0.2, 0.25) is 0 Å². The van der Waals surface area contributed by atoms with Gasteiger partial charge in [0, 0.05) is 18.7 Å². The van der Waals surface area contributed by atoms with Gasteiger partial charge in [-0.15, -0.1) is 0 Å². The van der Waals surface area contributed by atoms with Crippen molar-refractivity contribution in [3.63, 3.8) is 0 Å². The Morgan fingerprint density at radius 2 is 2.00 bits per heavy atom. The maximum atomic E-state index is 5.56. The van der Waals surface area contributed by atoms with E-state index in [4.69, 9.17) is 4.74 Å². The van der Waals surface area contributed by atoms with Gasteiger partial charge in [0.05, 0.1) is 6.10 Å². The van der Waals surface area contributed by atoms with Gasteiger partial charge in [-0.05, 0) is 32.3 Å². The molecule has 88 valence electrons. The largest absolute Gasteiger partial charge is 0.378 e. The molecule has 0 aromatic heterocycles. The molecule has 0 aliphatic heterocycles. The molecule has 16 heavy (non-hydrogen) atoms. The fourth-order valence-corrected chi connectivity index (χ4v) is 2.27. The van der Waals surface area contributed by atoms with Crippen LogP contribution in [-0.4, -0.2) is 18.8 Å². The van der Waals surface area contributed by atoms with Crippen LogP contribution in [0.2, 0.25) is 0 Å². The van der Waals surface area contributed by atoms with Gasteiger partial charge in [0.1, 0.15) is 0 Å². The van der Waals surface area contributed by atoms with Crippen molar-refractivity contribution in [3.05, 3.63) is 35.9 Å². The Hall–Kier alpha value is -0.860. The Balaban J connectivity index is 1.75. The van der Waals surface area contributed by atoms with Crippen LogP contribution in [0.5, 0.6) is 0 Å². The van der Waals surface area contributed by atoms with Crippen LogP contribution in [0, 0.1) is 0 Å². The molecule has 1 aromatic carbocycles. The molecule has 1 saturated carbocycles. The van der Waals surface area contributed by atoms with Gasteiger partial charge < -0.3 is 10.1 Å². The van der Waals surface area contributed by atoms with E-state index in [9.17, 15) is 0 Å². The summed E-state index contributed by atoms with van der Waals surface area (Å²) in [6.07, 6.45) is 2.81. The van der Waals surface area contributed by atoms with Crippen molar-refractivity contribution in [2.75, 3.05) is 6.61 Å². The minimum atomic E-state index is 0.439. The second-order valence-corrected chi connectivity index (χ2v) is 4.54. The molecule has 1 atom stereocenters. The van der Waals surface area contributed by atoms with E-state index >= 15 is 0 Å². The molecule has 1 aliphatic rings. The summed E-state index contributed by atoms with van der Waals surface area (Å²) in [6.45, 7) is 5.13. The van der Waals surface area contributed by atoms with E-state index in [0.29, 0.717) is 18.2 Å². The lowest BCUT2D eigenvalue weighted by atomic mass is 9.88. The molecule has 0 radical (unpaired) electrons. The van der Waals surface area contributed by atoms with E-state index in [2.05, 4.69) is 49.5 Å². The van der Waals surface area contributed by atoms with Crippen molar-refractivity contribution in [1.29, 1.82) is 0 Å². The van der Waals surface area contributed by atoms with Crippen LogP contribution >= 0.6 is 0 Å². The number of rotatable bonds is 5. The van der Waals surface area contributed by atoms with Gasteiger partial charge in [0.15, 0.2) is 0 Å². The lowest BCUT2D eigenvalue weighted by Crippen LogP contribution is -2.46. The molecule has 2 nitrogen and oxygen atoms in total. The number of ether oxygens (including phenoxy) is 1. The molecular formula is C14H21NO. The Morgan fingerprint density at radius 3 is 2.62 bits per heavy atom. The van der Waals surface area contributed by atoms with Crippen LogP contribution in [0.15, 0.2) is 30.3 Å². The number of hydrogen-bond acceptors (Lipinski definition) is 2. The highest BCUT2D eigenvalue weighted by molar-refractivity contribution is 5.18. The number of nitrogens with one attached hydrogen (secondary N) is 1. The Kier molecular flexibility index (Phi) is 3.97. The normalized spacial score (nSPS) is 26.1. The summed E-state index contributed by atoms with van der Waals surface area (Å²) in [5, 5.41) is 3.64. The summed E-state index contributed by atoms with van der Waals surface area (Å²) in [4.78, 5) is 0. The lowest BCUT2D eigenvalue weighted by Gasteiger charge is -2.37. The third-order valence-corrected chi connectivity index (χ3v) is 3.28. The summed E-state index contributed by atoms with van der Waals surface area (Å²) < 4.78 is 5.56. The third-order valence-electron chi connectivity index (χ3n) is 3.28. The molecule has 0 amide bonds. The molecule has 2 rings (SSSR count). The Morgan fingerprint density at radius 1 is 1.31 bits per heavy atom. The summed E-state index contributed by atoms with van der Waals surface area (Å²) in [7, 11) is 0. The summed E-state index contributed by atoms with van der Waals surface area (Å²) >= 11 is 0. The third kappa shape index (κ3) is 2.83. The van der Waals surface area contributed by atoms with Crippen LogP contribution in [0.4, 0.5) is 0 Å². The average Bonchev–Trinajstić information content (AvgIpc) is 2.27. The Bertz CT molecular complexity index is 306. The van der Waals surface area contributed by atoms with Crippen molar-refractivity contribution < 1.29 is 4.74 Å². The predicted molar refractivity (Wildman–Crippen MR) is 66.4 cm³/mol. The maximum absolute atomic E-state index is 5.56. The molecule has 0 heterocycles. The van der Waals surface area contributed by atoms with E-state index in [1.165, 1.54) is 5.56 Å². The van der Waals surface area contributed by atoms with E-state index in [-0.39, 0.29) is 0 Å². The van der Waals surface area contributed by atoms with Gasteiger partial charge in [0.25, 0.3) is 0 Å². The highest BCUT2D eigenvalue weighted by Crippen LogP contribution is 2.26. The van der Waals surface area contributed by atoms with Gasteiger partial charge in [-0.2, -0.15) is 0 Å². The van der Waals surface area contributed by atoms with Gasteiger partial charge in [-0.3, -0.25) is 0 Å². The van der Waals surface area contributed by atoms with Gasteiger partial charge in [-0.25, -0.2) is 0 Å². The molecule has 0 spiro atoms. The molecule has 1 fully saturated rings. The fourth-order valence-electron chi connectivity index (χ4n) is 2.27. The zero-order chi connectivity index (χ0) is 11.4. The van der Waals surface area contributed by atoms with Crippen LogP contribution in [0.1, 0.15) is 38.3 Å². The number of benzene rings is 1. The predicted octanol–water partition coefficient (Wildman–Crippen LogP) is 2.90. The first-order chi connectivity index (χ1) is 7.79. The standard InChI is InChI=1S/C14H21NO/c1-3-16-14-9-13(10-14)15-11(2)12-7-5-4-6-8-12/h4-8,11,13-15H,3,9-10H2,1-2H3/t11-,13?,14?/m0/s1. The smallest absolute Gasteiger partial charge is 0.0604 e. The van der Waals surface area contributed by atoms with Crippen LogP contribution < -0.4 is 5.32 Å². The number of hydrogen-bond donors (Lipinski definition) is 1. The highest BCUT2D eigenvalue weighted by Gasteiger charge is 2.30. The summed E-state index contributed by atoms with van der Waals surface area (Å²) in [5.41, 5.74) is 1.36. The second kappa shape index (κ2) is 5.46. The minimum absolute atomic E-state index is 0.439. The molecule has 0 saturated heterocycles. The highest BCUT2D eigenvalue weighted by atomic mass is 16.5. The zero-order valence-corrected chi connectivity index (χ0v) is 10.1. The minimum Gasteiger partial charge on any atom is -0.378 e. The Labute approximate surface area is 98.0 Å². The monoisotopic (exact) mass is 219 g/mol. The van der Waals surface area contributed by atoms with E-state index in [1.807, 2.05) is 0 Å².